The topological polar surface area (TPSA) is 49.3 Å². The summed E-state index contributed by atoms with van der Waals surface area (Å²) in [4.78, 5) is 12.1. The maximum Gasteiger partial charge on any atom is 0.255 e. The molecule has 0 aliphatic rings. The Labute approximate surface area is 123 Å². The van der Waals surface area contributed by atoms with E-state index in [2.05, 4.69) is 19.2 Å². The molecule has 20 heavy (non-hydrogen) atoms. The number of nitrogens with one attached hydrogen (secondary N) is 1. The van der Waals surface area contributed by atoms with E-state index in [1.807, 2.05) is 24.3 Å². The number of rotatable bonds is 3. The first kappa shape index (κ1) is 14.4. The average Bonchev–Trinajstić information content (AvgIpc) is 2.42. The van der Waals surface area contributed by atoms with Crippen LogP contribution in [0.5, 0.6) is 5.75 Å². The molecule has 0 unspecified atom stereocenters. The van der Waals surface area contributed by atoms with Crippen LogP contribution in [0.1, 0.15) is 35.7 Å². The Kier molecular flexibility index (Phi) is 4.30. The van der Waals surface area contributed by atoms with Gasteiger partial charge in [-0.15, -0.1) is 0 Å². The number of carbonyl (C=O) groups is 1. The summed E-state index contributed by atoms with van der Waals surface area (Å²) in [7, 11) is 0. The van der Waals surface area contributed by atoms with Crippen LogP contribution < -0.4 is 5.32 Å². The predicted octanol–water partition coefficient (Wildman–Crippen LogP) is 4.42. The summed E-state index contributed by atoms with van der Waals surface area (Å²) >= 11 is 5.80. The molecule has 0 saturated heterocycles. The number of hydrogen-bond acceptors (Lipinski definition) is 2. The van der Waals surface area contributed by atoms with Crippen molar-refractivity contribution in [3.63, 3.8) is 0 Å². The van der Waals surface area contributed by atoms with E-state index < -0.39 is 0 Å². The fourth-order valence-electron chi connectivity index (χ4n) is 1.83. The van der Waals surface area contributed by atoms with Gasteiger partial charge in [0.25, 0.3) is 5.91 Å². The van der Waals surface area contributed by atoms with E-state index in [0.29, 0.717) is 11.5 Å². The summed E-state index contributed by atoms with van der Waals surface area (Å²) in [6.45, 7) is 4.20. The first-order valence-electron chi connectivity index (χ1n) is 6.37. The van der Waals surface area contributed by atoms with E-state index >= 15 is 0 Å². The lowest BCUT2D eigenvalue weighted by Crippen LogP contribution is -2.12. The lowest BCUT2D eigenvalue weighted by atomic mass is 10.0. The number of aromatic hydroxyl groups is 1. The molecule has 0 aliphatic carbocycles. The Morgan fingerprint density at radius 3 is 2.60 bits per heavy atom. The maximum atomic E-state index is 12.1. The minimum absolute atomic E-state index is 0.0370. The molecule has 2 N–H and O–H groups in total. The minimum Gasteiger partial charge on any atom is -0.506 e. The lowest BCUT2D eigenvalue weighted by Gasteiger charge is -2.10. The molecule has 104 valence electrons. The first-order chi connectivity index (χ1) is 9.47. The monoisotopic (exact) mass is 289 g/mol. The Hall–Kier alpha value is -2.00. The van der Waals surface area contributed by atoms with Crippen LogP contribution in [0.2, 0.25) is 5.02 Å². The van der Waals surface area contributed by atoms with Gasteiger partial charge in [-0.1, -0.05) is 37.6 Å². The van der Waals surface area contributed by atoms with Crippen LogP contribution in [0.15, 0.2) is 42.5 Å². The molecule has 0 aromatic heterocycles. The molecule has 0 heterocycles. The van der Waals surface area contributed by atoms with Crippen molar-refractivity contribution in [2.75, 3.05) is 5.32 Å². The quantitative estimate of drug-likeness (QED) is 0.878. The molecule has 0 radical (unpaired) electrons. The molecule has 0 bridgehead atoms. The third-order valence-corrected chi connectivity index (χ3v) is 3.32. The van der Waals surface area contributed by atoms with Gasteiger partial charge in [0.2, 0.25) is 0 Å². The van der Waals surface area contributed by atoms with Crippen molar-refractivity contribution in [3.8, 4) is 5.75 Å². The van der Waals surface area contributed by atoms with Gasteiger partial charge in [-0.05, 0) is 41.8 Å². The van der Waals surface area contributed by atoms with Crippen LogP contribution in [-0.2, 0) is 0 Å². The van der Waals surface area contributed by atoms with Crippen LogP contribution in [0.25, 0.3) is 0 Å². The SMILES string of the molecule is CC(C)c1cccc(NC(=O)c2ccc(O)c(Cl)c2)c1. The first-order valence-corrected chi connectivity index (χ1v) is 6.75. The summed E-state index contributed by atoms with van der Waals surface area (Å²) in [5.74, 6) is 0.104. The highest BCUT2D eigenvalue weighted by molar-refractivity contribution is 6.32. The van der Waals surface area contributed by atoms with E-state index in [4.69, 9.17) is 11.6 Å². The zero-order valence-corrected chi connectivity index (χ0v) is 12.1. The van der Waals surface area contributed by atoms with Gasteiger partial charge in [0, 0.05) is 11.3 Å². The van der Waals surface area contributed by atoms with Crippen LogP contribution in [0.4, 0.5) is 5.69 Å². The molecule has 0 aliphatic heterocycles. The average molecular weight is 290 g/mol. The third-order valence-electron chi connectivity index (χ3n) is 3.02. The normalized spacial score (nSPS) is 10.6. The van der Waals surface area contributed by atoms with Crippen LogP contribution in [0.3, 0.4) is 0 Å². The number of phenols is 1. The molecule has 3 nitrogen and oxygen atoms in total. The van der Waals surface area contributed by atoms with Gasteiger partial charge in [0.15, 0.2) is 0 Å². The molecule has 0 saturated carbocycles. The van der Waals surface area contributed by atoms with Gasteiger partial charge < -0.3 is 10.4 Å². The smallest absolute Gasteiger partial charge is 0.255 e. The highest BCUT2D eigenvalue weighted by atomic mass is 35.5. The van der Waals surface area contributed by atoms with Crippen molar-refractivity contribution in [1.82, 2.24) is 0 Å². The number of phenolic OH excluding ortho intramolecular Hbond substituents is 1. The van der Waals surface area contributed by atoms with E-state index in [9.17, 15) is 9.90 Å². The zero-order valence-electron chi connectivity index (χ0n) is 11.4. The molecule has 0 spiro atoms. The van der Waals surface area contributed by atoms with E-state index in [1.54, 1.807) is 0 Å². The minimum atomic E-state index is -0.257. The lowest BCUT2D eigenvalue weighted by molar-refractivity contribution is 0.102. The number of hydrogen-bond donors (Lipinski definition) is 2. The second-order valence-corrected chi connectivity index (χ2v) is 5.31. The van der Waals surface area contributed by atoms with Gasteiger partial charge in [-0.25, -0.2) is 0 Å². The summed E-state index contributed by atoms with van der Waals surface area (Å²) in [6.07, 6.45) is 0. The number of benzene rings is 2. The summed E-state index contributed by atoms with van der Waals surface area (Å²) in [5, 5.41) is 12.3. The highest BCUT2D eigenvalue weighted by Gasteiger charge is 2.09. The molecular weight excluding hydrogens is 274 g/mol. The number of carbonyl (C=O) groups excluding carboxylic acids is 1. The van der Waals surface area contributed by atoms with E-state index in [-0.39, 0.29) is 16.7 Å². The van der Waals surface area contributed by atoms with Gasteiger partial charge in [0.1, 0.15) is 5.75 Å². The Morgan fingerprint density at radius 1 is 1.20 bits per heavy atom. The fourth-order valence-corrected chi connectivity index (χ4v) is 2.01. The maximum absolute atomic E-state index is 12.1. The van der Waals surface area contributed by atoms with Crippen molar-refractivity contribution in [1.29, 1.82) is 0 Å². The van der Waals surface area contributed by atoms with Gasteiger partial charge in [-0.3, -0.25) is 4.79 Å². The van der Waals surface area contributed by atoms with Gasteiger partial charge in [-0.2, -0.15) is 0 Å². The van der Waals surface area contributed by atoms with Crippen molar-refractivity contribution in [2.24, 2.45) is 0 Å². The Balaban J connectivity index is 2.19. The molecule has 2 aromatic rings. The summed E-state index contributed by atoms with van der Waals surface area (Å²) < 4.78 is 0. The molecule has 2 rings (SSSR count). The number of anilines is 1. The van der Waals surface area contributed by atoms with Crippen LogP contribution in [-0.4, -0.2) is 11.0 Å². The standard InChI is InChI=1S/C16H16ClNO2/c1-10(2)11-4-3-5-13(8-11)18-16(20)12-6-7-15(19)14(17)9-12/h3-10,19H,1-2H3,(H,18,20). The van der Waals surface area contributed by atoms with Crippen LogP contribution >= 0.6 is 11.6 Å². The summed E-state index contributed by atoms with van der Waals surface area (Å²) in [6, 6.07) is 12.1. The highest BCUT2D eigenvalue weighted by Crippen LogP contribution is 2.24. The van der Waals surface area contributed by atoms with Crippen LogP contribution in [0, 0.1) is 0 Å². The third kappa shape index (κ3) is 3.31. The van der Waals surface area contributed by atoms with Gasteiger partial charge >= 0.3 is 0 Å². The molecule has 0 fully saturated rings. The predicted molar refractivity (Wildman–Crippen MR) is 81.6 cm³/mol. The summed E-state index contributed by atoms with van der Waals surface area (Å²) in [5.41, 5.74) is 2.31. The molecule has 1 amide bonds. The molecular formula is C16H16ClNO2. The Morgan fingerprint density at radius 2 is 1.95 bits per heavy atom. The second kappa shape index (κ2) is 5.97. The largest absolute Gasteiger partial charge is 0.506 e. The second-order valence-electron chi connectivity index (χ2n) is 4.90. The number of halogens is 1. The molecule has 2 aromatic carbocycles. The van der Waals surface area contributed by atoms with Crippen molar-refractivity contribution >= 4 is 23.2 Å². The number of amides is 1. The zero-order chi connectivity index (χ0) is 14.7. The van der Waals surface area contributed by atoms with Gasteiger partial charge in [0.05, 0.1) is 5.02 Å². The van der Waals surface area contributed by atoms with Crippen molar-refractivity contribution in [3.05, 3.63) is 58.6 Å². The Bertz CT molecular complexity index is 638. The molecule has 4 heteroatoms. The fraction of sp³-hybridized carbons (Fsp3) is 0.188. The van der Waals surface area contributed by atoms with Crippen molar-refractivity contribution in [2.45, 2.75) is 19.8 Å². The van der Waals surface area contributed by atoms with E-state index in [1.165, 1.54) is 18.2 Å². The van der Waals surface area contributed by atoms with Crippen molar-refractivity contribution < 1.29 is 9.90 Å². The molecule has 0 atom stereocenters. The van der Waals surface area contributed by atoms with E-state index in [0.717, 1.165) is 11.3 Å².